The minimum absolute atomic E-state index is 0.837. The molecule has 164 valence electrons. The molecule has 0 aliphatic carbocycles. The summed E-state index contributed by atoms with van der Waals surface area (Å²) in [6.45, 7) is 7.46. The standard InChI is InChI=1S/C28H35NO2/c1-7-12-21-13-10-15-24-23(21)14-11-16-25(24)28-26(30-5)18-20(19-27(28)31-6)17-22(8-2)29(4)9-3/h8,10-11,13-16,18-19H,7,9,12,17H2,1-6H3/b22-8-. The number of hydrogen-bond acceptors (Lipinski definition) is 3. The van der Waals surface area contributed by atoms with Crippen molar-refractivity contribution in [3.05, 3.63) is 71.4 Å². The molecule has 0 saturated heterocycles. The fourth-order valence-electron chi connectivity index (χ4n) is 4.28. The van der Waals surface area contributed by atoms with Gasteiger partial charge in [0.05, 0.1) is 19.8 Å². The highest BCUT2D eigenvalue weighted by Gasteiger charge is 2.18. The molecule has 0 N–H and O–H groups in total. The molecule has 0 aliphatic heterocycles. The molecule has 0 bridgehead atoms. The highest BCUT2D eigenvalue weighted by atomic mass is 16.5. The van der Waals surface area contributed by atoms with Gasteiger partial charge in [-0.1, -0.05) is 55.8 Å². The zero-order chi connectivity index (χ0) is 22.4. The first-order chi connectivity index (χ1) is 15.1. The van der Waals surface area contributed by atoms with Crippen molar-refractivity contribution < 1.29 is 9.47 Å². The first-order valence-electron chi connectivity index (χ1n) is 11.2. The molecule has 0 heterocycles. The summed E-state index contributed by atoms with van der Waals surface area (Å²) >= 11 is 0. The van der Waals surface area contributed by atoms with Gasteiger partial charge in [0, 0.05) is 25.7 Å². The van der Waals surface area contributed by atoms with Crippen LogP contribution in [0.4, 0.5) is 0 Å². The lowest BCUT2D eigenvalue weighted by molar-refractivity contribution is 0.395. The zero-order valence-corrected chi connectivity index (χ0v) is 19.8. The molecule has 3 aromatic carbocycles. The molecule has 3 heteroatoms. The van der Waals surface area contributed by atoms with Gasteiger partial charge in [0.1, 0.15) is 11.5 Å². The minimum Gasteiger partial charge on any atom is -0.496 e. The maximum absolute atomic E-state index is 5.90. The van der Waals surface area contributed by atoms with E-state index in [4.69, 9.17) is 9.47 Å². The first kappa shape index (κ1) is 22.7. The highest BCUT2D eigenvalue weighted by Crippen LogP contribution is 2.43. The van der Waals surface area contributed by atoms with Crippen LogP contribution in [0.25, 0.3) is 21.9 Å². The topological polar surface area (TPSA) is 21.7 Å². The Morgan fingerprint density at radius 2 is 1.58 bits per heavy atom. The van der Waals surface area contributed by atoms with E-state index in [9.17, 15) is 0 Å². The van der Waals surface area contributed by atoms with Gasteiger partial charge in [-0.3, -0.25) is 0 Å². The van der Waals surface area contributed by atoms with Crippen LogP contribution in [0.2, 0.25) is 0 Å². The number of nitrogens with zero attached hydrogens (tertiary/aromatic N) is 1. The van der Waals surface area contributed by atoms with Crippen molar-refractivity contribution >= 4 is 10.8 Å². The lowest BCUT2D eigenvalue weighted by Crippen LogP contribution is -2.18. The zero-order valence-electron chi connectivity index (χ0n) is 19.8. The van der Waals surface area contributed by atoms with Gasteiger partial charge in [0.15, 0.2) is 0 Å². The number of hydrogen-bond donors (Lipinski definition) is 0. The number of ether oxygens (including phenoxy) is 2. The maximum Gasteiger partial charge on any atom is 0.130 e. The smallest absolute Gasteiger partial charge is 0.130 e. The quantitative estimate of drug-likeness (QED) is 0.379. The van der Waals surface area contributed by atoms with Crippen LogP contribution in [-0.2, 0) is 12.8 Å². The molecule has 3 rings (SSSR count). The molecule has 0 amide bonds. The van der Waals surface area contributed by atoms with Crippen molar-refractivity contribution in [1.82, 2.24) is 4.90 Å². The average Bonchev–Trinajstić information content (AvgIpc) is 2.81. The Morgan fingerprint density at radius 3 is 2.16 bits per heavy atom. The molecular weight excluding hydrogens is 382 g/mol. The summed E-state index contributed by atoms with van der Waals surface area (Å²) in [7, 11) is 5.61. The lowest BCUT2D eigenvalue weighted by atomic mass is 9.92. The van der Waals surface area contributed by atoms with E-state index in [0.29, 0.717) is 0 Å². The van der Waals surface area contributed by atoms with Crippen LogP contribution in [0, 0.1) is 0 Å². The Kier molecular flexibility index (Phi) is 7.62. The van der Waals surface area contributed by atoms with E-state index in [1.165, 1.54) is 27.6 Å². The molecule has 0 saturated carbocycles. The summed E-state index contributed by atoms with van der Waals surface area (Å²) in [4.78, 5) is 2.27. The second kappa shape index (κ2) is 10.4. The first-order valence-corrected chi connectivity index (χ1v) is 11.2. The summed E-state index contributed by atoms with van der Waals surface area (Å²) in [5.41, 5.74) is 6.01. The van der Waals surface area contributed by atoms with Crippen LogP contribution in [0.5, 0.6) is 11.5 Å². The Labute approximate surface area is 187 Å². The van der Waals surface area contributed by atoms with Crippen LogP contribution in [0.15, 0.2) is 60.3 Å². The van der Waals surface area contributed by atoms with Gasteiger partial charge >= 0.3 is 0 Å². The third-order valence-electron chi connectivity index (χ3n) is 6.05. The predicted octanol–water partition coefficient (Wildman–Crippen LogP) is 6.87. The van der Waals surface area contributed by atoms with Gasteiger partial charge in [-0.15, -0.1) is 0 Å². The lowest BCUT2D eigenvalue weighted by Gasteiger charge is -2.22. The van der Waals surface area contributed by atoms with E-state index in [-0.39, 0.29) is 0 Å². The summed E-state index contributed by atoms with van der Waals surface area (Å²) in [6, 6.07) is 17.4. The Morgan fingerprint density at radius 1 is 0.935 bits per heavy atom. The largest absolute Gasteiger partial charge is 0.496 e. The van der Waals surface area contributed by atoms with Crippen molar-refractivity contribution in [1.29, 1.82) is 0 Å². The summed E-state index contributed by atoms with van der Waals surface area (Å²) in [5, 5.41) is 2.54. The van der Waals surface area contributed by atoms with E-state index in [1.54, 1.807) is 14.2 Å². The molecule has 31 heavy (non-hydrogen) atoms. The van der Waals surface area contributed by atoms with E-state index in [1.807, 2.05) is 0 Å². The van der Waals surface area contributed by atoms with E-state index >= 15 is 0 Å². The summed E-state index contributed by atoms with van der Waals surface area (Å²) in [5.74, 6) is 1.69. The van der Waals surface area contributed by atoms with Crippen molar-refractivity contribution in [3.8, 4) is 22.6 Å². The Balaban J connectivity index is 2.17. The van der Waals surface area contributed by atoms with E-state index < -0.39 is 0 Å². The third-order valence-corrected chi connectivity index (χ3v) is 6.05. The van der Waals surface area contributed by atoms with Gasteiger partial charge in [-0.2, -0.15) is 0 Å². The molecule has 0 aliphatic rings. The van der Waals surface area contributed by atoms with Gasteiger partial charge in [-0.05, 0) is 59.9 Å². The van der Waals surface area contributed by atoms with Gasteiger partial charge in [0.25, 0.3) is 0 Å². The second-order valence-corrected chi connectivity index (χ2v) is 7.91. The number of methoxy groups -OCH3 is 2. The third kappa shape index (κ3) is 4.71. The van der Waals surface area contributed by atoms with Crippen molar-refractivity contribution in [2.75, 3.05) is 27.8 Å². The normalized spacial score (nSPS) is 11.6. The van der Waals surface area contributed by atoms with Crippen LogP contribution in [0.1, 0.15) is 38.3 Å². The molecule has 0 radical (unpaired) electrons. The number of allylic oxidation sites excluding steroid dienone is 2. The fraction of sp³-hybridized carbons (Fsp3) is 0.357. The summed E-state index contributed by atoms with van der Waals surface area (Å²) < 4.78 is 11.8. The molecule has 0 unspecified atom stereocenters. The van der Waals surface area contributed by atoms with Crippen LogP contribution >= 0.6 is 0 Å². The Bertz CT molecular complexity index is 1040. The predicted molar refractivity (Wildman–Crippen MR) is 132 cm³/mol. The summed E-state index contributed by atoms with van der Waals surface area (Å²) in [6.07, 6.45) is 5.22. The number of rotatable bonds is 9. The monoisotopic (exact) mass is 417 g/mol. The van der Waals surface area contributed by atoms with Crippen LogP contribution in [-0.4, -0.2) is 32.7 Å². The van der Waals surface area contributed by atoms with Gasteiger partial charge in [0.2, 0.25) is 0 Å². The minimum atomic E-state index is 0.837. The van der Waals surface area contributed by atoms with Gasteiger partial charge in [-0.25, -0.2) is 0 Å². The van der Waals surface area contributed by atoms with E-state index in [2.05, 4.69) is 87.3 Å². The van der Waals surface area contributed by atoms with Gasteiger partial charge < -0.3 is 14.4 Å². The molecule has 0 aromatic heterocycles. The van der Waals surface area contributed by atoms with Crippen LogP contribution in [0.3, 0.4) is 0 Å². The van der Waals surface area contributed by atoms with Crippen molar-refractivity contribution in [2.45, 2.75) is 40.0 Å². The molecule has 3 nitrogen and oxygen atoms in total. The SMILES string of the molecule is C/C=C(/Cc1cc(OC)c(-c2cccc3c(CCC)cccc23)c(OC)c1)N(C)CC. The maximum atomic E-state index is 5.90. The molecule has 0 atom stereocenters. The number of fused-ring (bicyclic) bond motifs is 1. The van der Waals surface area contributed by atoms with E-state index in [0.717, 1.165) is 48.4 Å². The molecule has 0 fully saturated rings. The van der Waals surface area contributed by atoms with Crippen LogP contribution < -0.4 is 9.47 Å². The van der Waals surface area contributed by atoms with Crippen molar-refractivity contribution in [2.24, 2.45) is 0 Å². The number of benzene rings is 3. The highest BCUT2D eigenvalue weighted by molar-refractivity contribution is 6.01. The Hall–Kier alpha value is -2.94. The molecular formula is C28H35NO2. The second-order valence-electron chi connectivity index (χ2n) is 7.91. The van der Waals surface area contributed by atoms with Crippen molar-refractivity contribution in [3.63, 3.8) is 0 Å². The number of likely N-dealkylation sites (N-methyl/N-ethyl adjacent to an activating group) is 1. The molecule has 0 spiro atoms. The molecule has 3 aromatic rings. The average molecular weight is 418 g/mol. The fourth-order valence-corrected chi connectivity index (χ4v) is 4.28. The number of aryl methyl sites for hydroxylation is 1.